The highest BCUT2D eigenvalue weighted by Crippen LogP contribution is 2.33. The van der Waals surface area contributed by atoms with Gasteiger partial charge in [-0.15, -0.1) is 0 Å². The van der Waals surface area contributed by atoms with Crippen LogP contribution in [0.1, 0.15) is 18.2 Å². The molecular formula is C14H15F2N3O3. The minimum Gasteiger partial charge on any atom is -0.493 e. The van der Waals surface area contributed by atoms with Crippen LogP contribution in [0, 0.1) is 0 Å². The molecular weight excluding hydrogens is 296 g/mol. The summed E-state index contributed by atoms with van der Waals surface area (Å²) >= 11 is 0. The van der Waals surface area contributed by atoms with E-state index in [0.717, 1.165) is 19.5 Å². The first-order chi connectivity index (χ1) is 10.7. The molecule has 1 aromatic carbocycles. The number of halogens is 2. The molecule has 1 N–H and O–H groups in total. The van der Waals surface area contributed by atoms with E-state index in [2.05, 4.69) is 20.2 Å². The van der Waals surface area contributed by atoms with Crippen LogP contribution in [-0.2, 0) is 0 Å². The van der Waals surface area contributed by atoms with E-state index in [0.29, 0.717) is 17.3 Å². The molecule has 1 aromatic heterocycles. The van der Waals surface area contributed by atoms with Crippen LogP contribution in [0.4, 0.5) is 8.78 Å². The van der Waals surface area contributed by atoms with E-state index in [9.17, 15) is 8.78 Å². The van der Waals surface area contributed by atoms with Gasteiger partial charge in [0.15, 0.2) is 11.5 Å². The summed E-state index contributed by atoms with van der Waals surface area (Å²) in [6.45, 7) is -1.17. The van der Waals surface area contributed by atoms with E-state index in [1.54, 1.807) is 12.1 Å². The molecule has 0 spiro atoms. The minimum absolute atomic E-state index is 0.0371. The van der Waals surface area contributed by atoms with Crippen LogP contribution in [0.5, 0.6) is 11.5 Å². The second kappa shape index (κ2) is 6.27. The molecule has 1 aliphatic rings. The molecule has 1 fully saturated rings. The van der Waals surface area contributed by atoms with Crippen LogP contribution < -0.4 is 14.8 Å². The fourth-order valence-corrected chi connectivity index (χ4v) is 2.38. The second-order valence-corrected chi connectivity index (χ2v) is 4.89. The average Bonchev–Trinajstić information content (AvgIpc) is 3.18. The van der Waals surface area contributed by atoms with Crippen LogP contribution in [0.25, 0.3) is 11.4 Å². The first kappa shape index (κ1) is 14.7. The van der Waals surface area contributed by atoms with Gasteiger partial charge in [-0.05, 0) is 31.2 Å². The molecule has 1 saturated heterocycles. The van der Waals surface area contributed by atoms with Gasteiger partial charge in [-0.1, -0.05) is 5.16 Å². The summed E-state index contributed by atoms with van der Waals surface area (Å²) in [5.74, 6) is 1.33. The summed E-state index contributed by atoms with van der Waals surface area (Å²) in [6.07, 6.45) is 0.951. The van der Waals surface area contributed by atoms with E-state index in [1.165, 1.54) is 13.2 Å². The van der Waals surface area contributed by atoms with E-state index < -0.39 is 6.61 Å². The smallest absolute Gasteiger partial charge is 0.387 e. The van der Waals surface area contributed by atoms with Gasteiger partial charge < -0.3 is 19.3 Å². The Labute approximate surface area is 125 Å². The Hall–Kier alpha value is -2.22. The van der Waals surface area contributed by atoms with Crippen LogP contribution in [0.3, 0.4) is 0 Å². The fourth-order valence-electron chi connectivity index (χ4n) is 2.38. The van der Waals surface area contributed by atoms with Crippen molar-refractivity contribution in [3.63, 3.8) is 0 Å². The number of hydrogen-bond donors (Lipinski definition) is 1. The molecule has 0 radical (unpaired) electrons. The van der Waals surface area contributed by atoms with E-state index in [4.69, 9.17) is 9.26 Å². The number of hydrogen-bond acceptors (Lipinski definition) is 6. The topological polar surface area (TPSA) is 69.4 Å². The normalized spacial score (nSPS) is 17.9. The predicted molar refractivity (Wildman–Crippen MR) is 73.1 cm³/mol. The molecule has 2 heterocycles. The van der Waals surface area contributed by atoms with Gasteiger partial charge in [0.1, 0.15) is 0 Å². The van der Waals surface area contributed by atoms with Gasteiger partial charge in [-0.25, -0.2) is 0 Å². The van der Waals surface area contributed by atoms with Gasteiger partial charge in [0.25, 0.3) is 0 Å². The summed E-state index contributed by atoms with van der Waals surface area (Å²) in [5.41, 5.74) is 0.611. The number of rotatable bonds is 5. The van der Waals surface area contributed by atoms with Crippen molar-refractivity contribution in [3.05, 3.63) is 24.1 Å². The molecule has 1 aliphatic heterocycles. The summed E-state index contributed by atoms with van der Waals surface area (Å²) < 4.78 is 39.3. The zero-order valence-electron chi connectivity index (χ0n) is 11.9. The molecule has 8 heteroatoms. The van der Waals surface area contributed by atoms with Crippen LogP contribution in [-0.4, -0.2) is 37.0 Å². The maximum absolute atomic E-state index is 12.3. The molecule has 2 aromatic rings. The largest absolute Gasteiger partial charge is 0.493 e. The standard InChI is InChI=1S/C14H15F2N3O3/c1-20-11-6-8(2-3-10(11)21-14(15)16)12-18-13(22-19-12)9-4-5-17-7-9/h2-3,6,9,14,17H,4-5,7H2,1H3/t9-/m0/s1. The SMILES string of the molecule is COc1cc(-c2noc([C@H]3CCNC3)n2)ccc1OC(F)F. The Bertz CT molecular complexity index is 642. The minimum atomic E-state index is -2.91. The van der Waals surface area contributed by atoms with Crippen molar-refractivity contribution in [2.24, 2.45) is 0 Å². The Balaban J connectivity index is 1.85. The lowest BCUT2D eigenvalue weighted by molar-refractivity contribution is -0.0512. The van der Waals surface area contributed by atoms with Gasteiger partial charge in [-0.2, -0.15) is 13.8 Å². The van der Waals surface area contributed by atoms with Crippen molar-refractivity contribution in [3.8, 4) is 22.9 Å². The van der Waals surface area contributed by atoms with Crippen molar-refractivity contribution in [2.75, 3.05) is 20.2 Å². The Morgan fingerprint density at radius 2 is 2.23 bits per heavy atom. The van der Waals surface area contributed by atoms with Crippen LogP contribution >= 0.6 is 0 Å². The quantitative estimate of drug-likeness (QED) is 0.914. The number of nitrogens with zero attached hydrogens (tertiary/aromatic N) is 2. The molecule has 22 heavy (non-hydrogen) atoms. The Kier molecular flexibility index (Phi) is 4.19. The lowest BCUT2D eigenvalue weighted by Gasteiger charge is -2.10. The Morgan fingerprint density at radius 3 is 2.91 bits per heavy atom. The van der Waals surface area contributed by atoms with Crippen molar-refractivity contribution in [1.29, 1.82) is 0 Å². The van der Waals surface area contributed by atoms with Gasteiger partial charge >= 0.3 is 6.61 Å². The Morgan fingerprint density at radius 1 is 1.36 bits per heavy atom. The highest BCUT2D eigenvalue weighted by atomic mass is 19.3. The van der Waals surface area contributed by atoms with Gasteiger partial charge in [0.2, 0.25) is 11.7 Å². The first-order valence-electron chi connectivity index (χ1n) is 6.85. The molecule has 0 saturated carbocycles. The molecule has 3 rings (SSSR count). The fraction of sp³-hybridized carbons (Fsp3) is 0.429. The third kappa shape index (κ3) is 3.01. The lowest BCUT2D eigenvalue weighted by atomic mass is 10.1. The van der Waals surface area contributed by atoms with Gasteiger partial charge in [0, 0.05) is 12.1 Å². The molecule has 0 unspecified atom stereocenters. The molecule has 6 nitrogen and oxygen atoms in total. The number of aromatic nitrogens is 2. The van der Waals surface area contributed by atoms with Crippen LogP contribution in [0.15, 0.2) is 22.7 Å². The number of alkyl halides is 2. The maximum atomic E-state index is 12.3. The van der Waals surface area contributed by atoms with Crippen molar-refractivity contribution in [2.45, 2.75) is 19.0 Å². The number of benzene rings is 1. The maximum Gasteiger partial charge on any atom is 0.387 e. The van der Waals surface area contributed by atoms with Gasteiger partial charge in [-0.3, -0.25) is 0 Å². The highest BCUT2D eigenvalue weighted by molar-refractivity contribution is 5.60. The van der Waals surface area contributed by atoms with Crippen molar-refractivity contribution >= 4 is 0 Å². The molecule has 1 atom stereocenters. The van der Waals surface area contributed by atoms with E-state index >= 15 is 0 Å². The van der Waals surface area contributed by atoms with E-state index in [-0.39, 0.29) is 17.4 Å². The van der Waals surface area contributed by atoms with Gasteiger partial charge in [0.05, 0.1) is 13.0 Å². The number of methoxy groups -OCH3 is 1. The number of ether oxygens (including phenoxy) is 2. The monoisotopic (exact) mass is 311 g/mol. The zero-order valence-corrected chi connectivity index (χ0v) is 11.9. The third-order valence-electron chi connectivity index (χ3n) is 3.49. The summed E-state index contributed by atoms with van der Waals surface area (Å²) in [5, 5.41) is 7.17. The van der Waals surface area contributed by atoms with Crippen molar-refractivity contribution in [1.82, 2.24) is 15.5 Å². The molecule has 118 valence electrons. The second-order valence-electron chi connectivity index (χ2n) is 4.89. The summed E-state index contributed by atoms with van der Waals surface area (Å²) in [6, 6.07) is 4.52. The third-order valence-corrected chi connectivity index (χ3v) is 3.49. The number of nitrogens with one attached hydrogen (secondary N) is 1. The average molecular weight is 311 g/mol. The van der Waals surface area contributed by atoms with Crippen LogP contribution in [0.2, 0.25) is 0 Å². The summed E-state index contributed by atoms with van der Waals surface area (Å²) in [4.78, 5) is 4.37. The van der Waals surface area contributed by atoms with Crippen molar-refractivity contribution < 1.29 is 22.8 Å². The zero-order chi connectivity index (χ0) is 15.5. The molecule has 0 amide bonds. The molecule has 0 bridgehead atoms. The van der Waals surface area contributed by atoms with E-state index in [1.807, 2.05) is 0 Å². The predicted octanol–water partition coefficient (Wildman–Crippen LogP) is 2.42. The summed E-state index contributed by atoms with van der Waals surface area (Å²) in [7, 11) is 1.38. The lowest BCUT2D eigenvalue weighted by Crippen LogP contribution is -2.08. The molecule has 0 aliphatic carbocycles. The highest BCUT2D eigenvalue weighted by Gasteiger charge is 2.23. The first-order valence-corrected chi connectivity index (χ1v) is 6.85.